The topological polar surface area (TPSA) is 93.3 Å². The molecule has 2 aromatic rings. The lowest BCUT2D eigenvalue weighted by atomic mass is 10.1. The van der Waals surface area contributed by atoms with E-state index in [0.717, 1.165) is 0 Å². The molecular formula is C16H19N3O4. The quantitative estimate of drug-likeness (QED) is 0.576. The first-order chi connectivity index (χ1) is 11.1. The number of carbonyl (C=O) groups is 2. The van der Waals surface area contributed by atoms with Gasteiger partial charge in [0.2, 0.25) is 5.91 Å². The van der Waals surface area contributed by atoms with Crippen LogP contribution in [-0.2, 0) is 4.79 Å². The number of rotatable bonds is 8. The smallest absolute Gasteiger partial charge is 0.224 e. The van der Waals surface area contributed by atoms with Crippen molar-refractivity contribution in [3.63, 3.8) is 0 Å². The van der Waals surface area contributed by atoms with Gasteiger partial charge < -0.3 is 14.8 Å². The van der Waals surface area contributed by atoms with Crippen LogP contribution in [0.25, 0.3) is 0 Å². The number of ether oxygens (including phenoxy) is 2. The average molecular weight is 317 g/mol. The summed E-state index contributed by atoms with van der Waals surface area (Å²) in [5.41, 5.74) is 1.20. The molecule has 7 nitrogen and oxygen atoms in total. The van der Waals surface area contributed by atoms with Crippen LogP contribution < -0.4 is 14.8 Å². The van der Waals surface area contributed by atoms with Crippen LogP contribution in [0.3, 0.4) is 0 Å². The van der Waals surface area contributed by atoms with Crippen LogP contribution in [0.2, 0.25) is 0 Å². The summed E-state index contributed by atoms with van der Waals surface area (Å²) in [7, 11) is 1.52. The minimum Gasteiger partial charge on any atom is -0.493 e. The first kappa shape index (κ1) is 16.5. The maximum absolute atomic E-state index is 11.7. The number of carbonyl (C=O) groups excluding carboxylic acids is 2. The molecule has 0 saturated heterocycles. The van der Waals surface area contributed by atoms with E-state index in [1.165, 1.54) is 20.2 Å². The first-order valence-corrected chi connectivity index (χ1v) is 7.20. The molecule has 0 aliphatic carbocycles. The van der Waals surface area contributed by atoms with E-state index < -0.39 is 0 Å². The van der Waals surface area contributed by atoms with Gasteiger partial charge in [-0.2, -0.15) is 5.10 Å². The van der Waals surface area contributed by atoms with Gasteiger partial charge in [0.1, 0.15) is 0 Å². The minimum absolute atomic E-state index is 0.0363. The number of aromatic nitrogens is 2. The molecule has 0 fully saturated rings. The second-order valence-electron chi connectivity index (χ2n) is 4.91. The van der Waals surface area contributed by atoms with Crippen molar-refractivity contribution in [1.82, 2.24) is 10.2 Å². The van der Waals surface area contributed by atoms with Crippen molar-refractivity contribution < 1.29 is 19.1 Å². The SMILES string of the molecule is COc1cc(C(C)=O)ccc1OCCCC(=O)Nc1cn[nH]c1. The van der Waals surface area contributed by atoms with Crippen LogP contribution in [-0.4, -0.2) is 35.6 Å². The molecule has 0 atom stereocenters. The van der Waals surface area contributed by atoms with Gasteiger partial charge in [0.05, 0.1) is 25.6 Å². The molecule has 1 aromatic carbocycles. The molecule has 0 saturated carbocycles. The number of methoxy groups -OCH3 is 1. The number of anilines is 1. The Hall–Kier alpha value is -2.83. The molecular weight excluding hydrogens is 298 g/mol. The predicted molar refractivity (Wildman–Crippen MR) is 84.9 cm³/mol. The van der Waals surface area contributed by atoms with Gasteiger partial charge in [-0.3, -0.25) is 14.7 Å². The van der Waals surface area contributed by atoms with Gasteiger partial charge >= 0.3 is 0 Å². The third-order valence-electron chi connectivity index (χ3n) is 3.16. The molecule has 0 aliphatic rings. The third kappa shape index (κ3) is 4.84. The lowest BCUT2D eigenvalue weighted by Gasteiger charge is -2.11. The minimum atomic E-state index is -0.103. The zero-order valence-electron chi connectivity index (χ0n) is 13.1. The predicted octanol–water partition coefficient (Wildman–Crippen LogP) is 2.42. The van der Waals surface area contributed by atoms with Gasteiger partial charge in [0.15, 0.2) is 17.3 Å². The monoisotopic (exact) mass is 317 g/mol. The van der Waals surface area contributed by atoms with Gasteiger partial charge in [0, 0.05) is 18.2 Å². The largest absolute Gasteiger partial charge is 0.493 e. The molecule has 0 bridgehead atoms. The summed E-state index contributed by atoms with van der Waals surface area (Å²) in [6.07, 6.45) is 4.03. The molecule has 7 heteroatoms. The number of aromatic amines is 1. The van der Waals surface area contributed by atoms with Gasteiger partial charge in [-0.05, 0) is 31.5 Å². The van der Waals surface area contributed by atoms with Crippen molar-refractivity contribution in [1.29, 1.82) is 0 Å². The number of amides is 1. The summed E-state index contributed by atoms with van der Waals surface area (Å²) >= 11 is 0. The number of benzene rings is 1. The van der Waals surface area contributed by atoms with Crippen LogP contribution in [0, 0.1) is 0 Å². The highest BCUT2D eigenvalue weighted by Gasteiger charge is 2.09. The molecule has 122 valence electrons. The summed E-state index contributed by atoms with van der Waals surface area (Å²) in [6, 6.07) is 5.02. The number of ketones is 1. The highest BCUT2D eigenvalue weighted by atomic mass is 16.5. The van der Waals surface area contributed by atoms with E-state index in [-0.39, 0.29) is 11.7 Å². The highest BCUT2D eigenvalue weighted by molar-refractivity contribution is 5.94. The van der Waals surface area contributed by atoms with Gasteiger partial charge in [-0.1, -0.05) is 0 Å². The van der Waals surface area contributed by atoms with E-state index in [2.05, 4.69) is 15.5 Å². The van der Waals surface area contributed by atoms with Gasteiger partial charge in [-0.25, -0.2) is 0 Å². The van der Waals surface area contributed by atoms with Crippen molar-refractivity contribution in [2.24, 2.45) is 0 Å². The van der Waals surface area contributed by atoms with Crippen molar-refractivity contribution in [2.75, 3.05) is 19.0 Å². The Morgan fingerprint density at radius 1 is 1.30 bits per heavy atom. The Kier molecular flexibility index (Phi) is 5.74. The van der Waals surface area contributed by atoms with Crippen molar-refractivity contribution in [3.05, 3.63) is 36.2 Å². The Balaban J connectivity index is 1.79. The Morgan fingerprint density at radius 3 is 2.78 bits per heavy atom. The van der Waals surface area contributed by atoms with E-state index in [1.54, 1.807) is 24.4 Å². The number of H-pyrrole nitrogens is 1. The highest BCUT2D eigenvalue weighted by Crippen LogP contribution is 2.28. The zero-order chi connectivity index (χ0) is 16.7. The first-order valence-electron chi connectivity index (χ1n) is 7.20. The fourth-order valence-electron chi connectivity index (χ4n) is 1.96. The Morgan fingerprint density at radius 2 is 2.13 bits per heavy atom. The molecule has 0 unspecified atom stereocenters. The maximum Gasteiger partial charge on any atom is 0.224 e. The zero-order valence-corrected chi connectivity index (χ0v) is 13.1. The molecule has 1 amide bonds. The summed E-state index contributed by atoms with van der Waals surface area (Å²) in [4.78, 5) is 23.0. The van der Waals surface area contributed by atoms with Crippen molar-refractivity contribution in [3.8, 4) is 11.5 Å². The van der Waals surface area contributed by atoms with Crippen LogP contribution in [0.4, 0.5) is 5.69 Å². The normalized spacial score (nSPS) is 10.2. The lowest BCUT2D eigenvalue weighted by molar-refractivity contribution is -0.116. The molecule has 0 aliphatic heterocycles. The molecule has 0 radical (unpaired) electrons. The van der Waals surface area contributed by atoms with Crippen LogP contribution in [0.1, 0.15) is 30.1 Å². The Labute approximate surface area is 134 Å². The Bertz CT molecular complexity index is 668. The van der Waals surface area contributed by atoms with Gasteiger partial charge in [0.25, 0.3) is 0 Å². The van der Waals surface area contributed by atoms with Crippen LogP contribution >= 0.6 is 0 Å². The van der Waals surface area contributed by atoms with Crippen LogP contribution in [0.5, 0.6) is 11.5 Å². The summed E-state index contributed by atoms with van der Waals surface area (Å²) in [5, 5.41) is 9.08. The molecule has 2 N–H and O–H groups in total. The number of hydrogen-bond donors (Lipinski definition) is 2. The summed E-state index contributed by atoms with van der Waals surface area (Å²) in [5.74, 6) is 0.910. The maximum atomic E-state index is 11.7. The van der Waals surface area contributed by atoms with E-state index in [9.17, 15) is 9.59 Å². The molecule has 23 heavy (non-hydrogen) atoms. The van der Waals surface area contributed by atoms with Crippen molar-refractivity contribution >= 4 is 17.4 Å². The van der Waals surface area contributed by atoms with Crippen molar-refractivity contribution in [2.45, 2.75) is 19.8 Å². The lowest BCUT2D eigenvalue weighted by Crippen LogP contribution is -2.12. The van der Waals surface area contributed by atoms with E-state index in [0.29, 0.717) is 42.2 Å². The van der Waals surface area contributed by atoms with E-state index >= 15 is 0 Å². The average Bonchev–Trinajstić information content (AvgIpc) is 3.04. The molecule has 2 rings (SSSR count). The van der Waals surface area contributed by atoms with Gasteiger partial charge in [-0.15, -0.1) is 0 Å². The summed E-state index contributed by atoms with van der Waals surface area (Å²) < 4.78 is 10.8. The fraction of sp³-hybridized carbons (Fsp3) is 0.312. The van der Waals surface area contributed by atoms with E-state index in [4.69, 9.17) is 9.47 Å². The summed E-state index contributed by atoms with van der Waals surface area (Å²) in [6.45, 7) is 1.86. The second-order valence-corrected chi connectivity index (χ2v) is 4.91. The second kappa shape index (κ2) is 7.98. The molecule has 1 heterocycles. The number of hydrogen-bond acceptors (Lipinski definition) is 5. The fourth-order valence-corrected chi connectivity index (χ4v) is 1.96. The molecule has 1 aromatic heterocycles. The number of Topliss-reactive ketones (excluding diaryl/α,β-unsaturated/α-hetero) is 1. The third-order valence-corrected chi connectivity index (χ3v) is 3.16. The number of nitrogens with one attached hydrogen (secondary N) is 2. The number of nitrogens with zero attached hydrogens (tertiary/aromatic N) is 1. The molecule has 0 spiro atoms. The standard InChI is InChI=1S/C16H19N3O4/c1-11(20)12-5-6-14(15(8-12)22-2)23-7-3-4-16(21)19-13-9-17-18-10-13/h5-6,8-10H,3-4,7H2,1-2H3,(H,17,18)(H,19,21). The van der Waals surface area contributed by atoms with E-state index in [1.807, 2.05) is 0 Å². The van der Waals surface area contributed by atoms with Crippen LogP contribution in [0.15, 0.2) is 30.6 Å².